The lowest BCUT2D eigenvalue weighted by molar-refractivity contribution is 0.164. The van der Waals surface area contributed by atoms with Gasteiger partial charge in [-0.1, -0.05) is 64.2 Å². The number of thiocarbonyl (C=S) groups is 1. The highest BCUT2D eigenvalue weighted by atomic mass is 32.1. The molecule has 2 aliphatic heterocycles. The Balaban J connectivity index is 1.82. The fourth-order valence-corrected chi connectivity index (χ4v) is 3.72. The van der Waals surface area contributed by atoms with Crippen LogP contribution >= 0.6 is 12.2 Å². The van der Waals surface area contributed by atoms with Crippen LogP contribution in [0.5, 0.6) is 0 Å². The molecule has 4 heteroatoms. The number of hydrogen-bond acceptors (Lipinski definition) is 3. The SMILES string of the molecule is CCN1CCC2(CC1)N=C(c1ccc(C(C)(C)C)cc1)C(=S)N2. The summed E-state index contributed by atoms with van der Waals surface area (Å²) in [6, 6.07) is 8.72. The molecule has 0 radical (unpaired) electrons. The van der Waals surface area contributed by atoms with Crippen molar-refractivity contribution in [2.75, 3.05) is 19.6 Å². The molecule has 0 bridgehead atoms. The molecule has 1 spiro atoms. The molecule has 1 saturated heterocycles. The first-order valence-corrected chi connectivity index (χ1v) is 8.99. The van der Waals surface area contributed by atoms with Crippen molar-refractivity contribution in [3.63, 3.8) is 0 Å². The lowest BCUT2D eigenvalue weighted by atomic mass is 9.86. The smallest absolute Gasteiger partial charge is 0.133 e. The Morgan fingerprint density at radius 3 is 2.30 bits per heavy atom. The third-order valence-corrected chi connectivity index (χ3v) is 5.34. The summed E-state index contributed by atoms with van der Waals surface area (Å²) in [6.07, 6.45) is 2.06. The molecule has 1 aromatic carbocycles. The minimum Gasteiger partial charge on any atom is -0.350 e. The van der Waals surface area contributed by atoms with Crippen molar-refractivity contribution in [2.24, 2.45) is 4.99 Å². The number of benzene rings is 1. The minimum absolute atomic E-state index is 0.166. The van der Waals surface area contributed by atoms with E-state index in [0.717, 1.165) is 48.7 Å². The largest absolute Gasteiger partial charge is 0.350 e. The highest BCUT2D eigenvalue weighted by Gasteiger charge is 2.40. The van der Waals surface area contributed by atoms with Gasteiger partial charge < -0.3 is 10.2 Å². The molecular weight excluding hydrogens is 302 g/mol. The fourth-order valence-electron chi connectivity index (χ4n) is 3.36. The van der Waals surface area contributed by atoms with E-state index >= 15 is 0 Å². The second-order valence-electron chi connectivity index (χ2n) is 7.71. The normalized spacial score (nSPS) is 21.4. The predicted molar refractivity (Wildman–Crippen MR) is 101 cm³/mol. The Labute approximate surface area is 145 Å². The molecule has 0 saturated carbocycles. The molecule has 0 aromatic heterocycles. The molecule has 0 unspecified atom stereocenters. The van der Waals surface area contributed by atoms with Gasteiger partial charge in [0.15, 0.2) is 0 Å². The Morgan fingerprint density at radius 1 is 1.17 bits per heavy atom. The van der Waals surface area contributed by atoms with Gasteiger partial charge in [-0.05, 0) is 17.5 Å². The number of likely N-dealkylation sites (tertiary alicyclic amines) is 1. The second-order valence-corrected chi connectivity index (χ2v) is 8.12. The molecule has 124 valence electrons. The van der Waals surface area contributed by atoms with Gasteiger partial charge in [-0.25, -0.2) is 0 Å². The third-order valence-electron chi connectivity index (χ3n) is 5.04. The Morgan fingerprint density at radius 2 is 1.78 bits per heavy atom. The standard InChI is InChI=1S/C19H27N3S/c1-5-22-12-10-19(11-13-22)20-16(17(23)21-19)14-6-8-15(9-7-14)18(2,3)4/h6-9H,5,10-13H2,1-4H3,(H,21,23). The average Bonchev–Trinajstić information content (AvgIpc) is 2.84. The van der Waals surface area contributed by atoms with Crippen molar-refractivity contribution in [1.29, 1.82) is 0 Å². The maximum absolute atomic E-state index is 5.58. The topological polar surface area (TPSA) is 27.6 Å². The maximum atomic E-state index is 5.58. The van der Waals surface area contributed by atoms with Gasteiger partial charge in [0, 0.05) is 31.5 Å². The summed E-state index contributed by atoms with van der Waals surface area (Å²) in [5.74, 6) is 0. The van der Waals surface area contributed by atoms with Crippen LogP contribution in [-0.4, -0.2) is 40.9 Å². The number of hydrogen-bond donors (Lipinski definition) is 1. The zero-order valence-corrected chi connectivity index (χ0v) is 15.5. The van der Waals surface area contributed by atoms with E-state index in [0.29, 0.717) is 0 Å². The molecule has 2 heterocycles. The zero-order valence-electron chi connectivity index (χ0n) is 14.6. The molecular formula is C19H27N3S. The van der Waals surface area contributed by atoms with Gasteiger partial charge in [0.2, 0.25) is 0 Å². The first-order valence-electron chi connectivity index (χ1n) is 8.59. The molecule has 1 N–H and O–H groups in total. The molecule has 0 atom stereocenters. The molecule has 0 amide bonds. The van der Waals surface area contributed by atoms with Crippen LogP contribution in [0.1, 0.15) is 51.7 Å². The predicted octanol–water partition coefficient (Wildman–Crippen LogP) is 3.52. The first kappa shape index (κ1) is 16.6. The molecule has 2 aliphatic rings. The van der Waals surface area contributed by atoms with E-state index in [9.17, 15) is 0 Å². The summed E-state index contributed by atoms with van der Waals surface area (Å²) in [7, 11) is 0. The van der Waals surface area contributed by atoms with Gasteiger partial charge in [-0.2, -0.15) is 0 Å². The number of piperidine rings is 1. The van der Waals surface area contributed by atoms with Crippen molar-refractivity contribution in [2.45, 2.75) is 51.6 Å². The molecule has 3 nitrogen and oxygen atoms in total. The van der Waals surface area contributed by atoms with E-state index < -0.39 is 0 Å². The molecule has 1 fully saturated rings. The van der Waals surface area contributed by atoms with Gasteiger partial charge in [-0.3, -0.25) is 4.99 Å². The van der Waals surface area contributed by atoms with Gasteiger partial charge in [-0.15, -0.1) is 0 Å². The van der Waals surface area contributed by atoms with Crippen molar-refractivity contribution < 1.29 is 0 Å². The molecule has 23 heavy (non-hydrogen) atoms. The number of nitrogens with one attached hydrogen (secondary N) is 1. The van der Waals surface area contributed by atoms with Gasteiger partial charge >= 0.3 is 0 Å². The van der Waals surface area contributed by atoms with Crippen LogP contribution in [0.25, 0.3) is 0 Å². The van der Waals surface area contributed by atoms with Crippen molar-refractivity contribution in [3.8, 4) is 0 Å². The molecule has 1 aromatic rings. The Kier molecular flexibility index (Phi) is 4.32. The number of rotatable bonds is 2. The van der Waals surface area contributed by atoms with Crippen molar-refractivity contribution in [3.05, 3.63) is 35.4 Å². The van der Waals surface area contributed by atoms with Crippen molar-refractivity contribution in [1.82, 2.24) is 10.2 Å². The van der Waals surface area contributed by atoms with Crippen LogP contribution in [0.3, 0.4) is 0 Å². The van der Waals surface area contributed by atoms with Gasteiger partial charge in [0.05, 0.1) is 0 Å². The maximum Gasteiger partial charge on any atom is 0.133 e. The first-order chi connectivity index (χ1) is 10.8. The number of nitrogens with zero attached hydrogens (tertiary/aromatic N) is 2. The summed E-state index contributed by atoms with van der Waals surface area (Å²) in [5.41, 5.74) is 3.43. The minimum atomic E-state index is -0.166. The summed E-state index contributed by atoms with van der Waals surface area (Å²) >= 11 is 5.58. The summed E-state index contributed by atoms with van der Waals surface area (Å²) in [6.45, 7) is 12.2. The lowest BCUT2D eigenvalue weighted by Gasteiger charge is -2.37. The molecule has 3 rings (SSSR count). The van der Waals surface area contributed by atoms with E-state index in [-0.39, 0.29) is 11.1 Å². The Hall–Kier alpha value is -1.26. The van der Waals surface area contributed by atoms with E-state index in [4.69, 9.17) is 17.2 Å². The van der Waals surface area contributed by atoms with E-state index in [1.165, 1.54) is 5.56 Å². The van der Waals surface area contributed by atoms with Gasteiger partial charge in [0.1, 0.15) is 16.4 Å². The van der Waals surface area contributed by atoms with E-state index in [1.54, 1.807) is 0 Å². The van der Waals surface area contributed by atoms with E-state index in [2.05, 4.69) is 62.2 Å². The highest BCUT2D eigenvalue weighted by molar-refractivity contribution is 7.82. The Bertz CT molecular complexity index is 617. The van der Waals surface area contributed by atoms with Gasteiger partial charge in [0.25, 0.3) is 0 Å². The average molecular weight is 330 g/mol. The van der Waals surface area contributed by atoms with Crippen LogP contribution in [0.4, 0.5) is 0 Å². The number of aliphatic imine (C=N–C) groups is 1. The van der Waals surface area contributed by atoms with Crippen LogP contribution in [-0.2, 0) is 5.41 Å². The zero-order chi connectivity index (χ0) is 16.7. The fraction of sp³-hybridized carbons (Fsp3) is 0.579. The third kappa shape index (κ3) is 3.33. The van der Waals surface area contributed by atoms with Crippen molar-refractivity contribution >= 4 is 22.9 Å². The van der Waals surface area contributed by atoms with Crippen LogP contribution in [0, 0.1) is 0 Å². The lowest BCUT2D eigenvalue weighted by Crippen LogP contribution is -2.50. The highest BCUT2D eigenvalue weighted by Crippen LogP contribution is 2.30. The van der Waals surface area contributed by atoms with Crippen LogP contribution in [0.2, 0.25) is 0 Å². The summed E-state index contributed by atoms with van der Waals surface area (Å²) < 4.78 is 0. The molecule has 0 aliphatic carbocycles. The van der Waals surface area contributed by atoms with Crippen LogP contribution < -0.4 is 5.32 Å². The summed E-state index contributed by atoms with van der Waals surface area (Å²) in [4.78, 5) is 8.31. The monoisotopic (exact) mass is 329 g/mol. The quantitative estimate of drug-likeness (QED) is 0.841. The second kappa shape index (κ2) is 5.99. The summed E-state index contributed by atoms with van der Waals surface area (Å²) in [5, 5.41) is 3.51. The van der Waals surface area contributed by atoms with Crippen LogP contribution in [0.15, 0.2) is 29.3 Å². The van der Waals surface area contributed by atoms with E-state index in [1.807, 2.05) is 0 Å².